The lowest BCUT2D eigenvalue weighted by atomic mass is 10.0. The number of nitrogens with zero attached hydrogens (tertiary/aromatic N) is 2. The number of hydrogen-bond acceptors (Lipinski definition) is 6. The first-order valence-corrected chi connectivity index (χ1v) is 8.71. The van der Waals surface area contributed by atoms with Crippen LogP contribution in [-0.2, 0) is 6.42 Å². The summed E-state index contributed by atoms with van der Waals surface area (Å²) < 4.78 is 0. The predicted molar refractivity (Wildman–Crippen MR) is 107 cm³/mol. The van der Waals surface area contributed by atoms with Crippen LogP contribution in [0.5, 0.6) is 11.5 Å². The molecule has 4 rings (SSSR count). The third-order valence-electron chi connectivity index (χ3n) is 4.52. The lowest BCUT2D eigenvalue weighted by Crippen LogP contribution is -2.18. The zero-order chi connectivity index (χ0) is 20.5. The highest BCUT2D eigenvalue weighted by Gasteiger charge is 2.18. The Kier molecular flexibility index (Phi) is 4.44. The summed E-state index contributed by atoms with van der Waals surface area (Å²) in [5.41, 5.74) is 7.82. The van der Waals surface area contributed by atoms with Crippen LogP contribution in [0.25, 0.3) is 22.2 Å². The Labute approximate surface area is 164 Å². The molecule has 1 aromatic carbocycles. The first-order valence-electron chi connectivity index (χ1n) is 8.71. The zero-order valence-electron chi connectivity index (χ0n) is 15.1. The number of carbonyl (C=O) groups excluding carboxylic acids is 1. The summed E-state index contributed by atoms with van der Waals surface area (Å²) in [7, 11) is 0. The molecule has 3 aromatic heterocycles. The van der Waals surface area contributed by atoms with Crippen LogP contribution in [0.1, 0.15) is 21.7 Å². The van der Waals surface area contributed by atoms with Gasteiger partial charge < -0.3 is 20.9 Å². The number of aromatic hydroxyl groups is 2. The molecule has 4 aromatic rings. The highest BCUT2D eigenvalue weighted by molar-refractivity contribution is 6.06. The minimum absolute atomic E-state index is 0.127. The molecule has 29 heavy (non-hydrogen) atoms. The van der Waals surface area contributed by atoms with E-state index >= 15 is 0 Å². The Morgan fingerprint density at radius 2 is 1.76 bits per heavy atom. The number of benzene rings is 1. The van der Waals surface area contributed by atoms with Crippen molar-refractivity contribution in [2.75, 3.05) is 0 Å². The molecule has 3 heterocycles. The van der Waals surface area contributed by atoms with Gasteiger partial charge >= 0.3 is 0 Å². The summed E-state index contributed by atoms with van der Waals surface area (Å²) in [5, 5.41) is 19.4. The number of phenolic OH excluding ortho intramolecular Hbond substituents is 1. The van der Waals surface area contributed by atoms with Crippen LogP contribution in [0.15, 0.2) is 59.5 Å². The van der Waals surface area contributed by atoms with E-state index < -0.39 is 17.2 Å². The number of primary amides is 1. The molecule has 8 heteroatoms. The van der Waals surface area contributed by atoms with Gasteiger partial charge in [-0.3, -0.25) is 14.6 Å². The summed E-state index contributed by atoms with van der Waals surface area (Å²) in [5.74, 6) is -1.49. The number of pyridine rings is 3. The number of rotatable bonds is 4. The van der Waals surface area contributed by atoms with Gasteiger partial charge in [-0.05, 0) is 47.5 Å². The number of carbonyl (C=O) groups is 1. The summed E-state index contributed by atoms with van der Waals surface area (Å²) in [6.07, 6.45) is 2.04. The molecule has 0 aliphatic rings. The Morgan fingerprint density at radius 3 is 2.48 bits per heavy atom. The van der Waals surface area contributed by atoms with Crippen molar-refractivity contribution in [3.8, 4) is 22.6 Å². The van der Waals surface area contributed by atoms with E-state index in [1.54, 1.807) is 42.6 Å². The Balaban J connectivity index is 1.73. The second-order valence-corrected chi connectivity index (χ2v) is 6.50. The van der Waals surface area contributed by atoms with Gasteiger partial charge in [-0.1, -0.05) is 12.1 Å². The van der Waals surface area contributed by atoms with Crippen LogP contribution < -0.4 is 11.3 Å². The number of H-pyrrole nitrogens is 1. The molecule has 0 atom stereocenters. The normalized spacial score (nSPS) is 10.9. The third-order valence-corrected chi connectivity index (χ3v) is 4.52. The van der Waals surface area contributed by atoms with Crippen molar-refractivity contribution >= 4 is 16.9 Å². The molecule has 0 unspecified atom stereocenters. The number of phenols is 1. The minimum atomic E-state index is -0.935. The van der Waals surface area contributed by atoms with E-state index in [-0.39, 0.29) is 16.8 Å². The smallest absolute Gasteiger partial charge is 0.291 e. The van der Waals surface area contributed by atoms with Gasteiger partial charge in [0.1, 0.15) is 16.8 Å². The van der Waals surface area contributed by atoms with Gasteiger partial charge in [0, 0.05) is 24.0 Å². The maximum atomic E-state index is 11.8. The lowest BCUT2D eigenvalue weighted by molar-refractivity contribution is 0.0999. The van der Waals surface area contributed by atoms with Gasteiger partial charge in [0.2, 0.25) is 0 Å². The number of amides is 1. The van der Waals surface area contributed by atoms with Crippen LogP contribution >= 0.6 is 0 Å². The zero-order valence-corrected chi connectivity index (χ0v) is 15.1. The lowest BCUT2D eigenvalue weighted by Gasteiger charge is -2.08. The molecule has 1 amide bonds. The predicted octanol–water partition coefficient (Wildman–Crippen LogP) is 2.09. The number of aromatic amines is 1. The molecule has 5 N–H and O–H groups in total. The van der Waals surface area contributed by atoms with Gasteiger partial charge in [-0.2, -0.15) is 0 Å². The van der Waals surface area contributed by atoms with Crippen molar-refractivity contribution in [3.05, 3.63) is 82.0 Å². The topological polar surface area (TPSA) is 142 Å². The molecule has 0 aliphatic heterocycles. The van der Waals surface area contributed by atoms with Crippen molar-refractivity contribution < 1.29 is 15.0 Å². The van der Waals surface area contributed by atoms with E-state index in [0.717, 1.165) is 16.8 Å². The average molecular weight is 388 g/mol. The molecule has 144 valence electrons. The summed E-state index contributed by atoms with van der Waals surface area (Å²) in [6.45, 7) is 0. The fraction of sp³-hybridized carbons (Fsp3) is 0.0476. The summed E-state index contributed by atoms with van der Waals surface area (Å²) in [6, 6.07) is 13.9. The van der Waals surface area contributed by atoms with Crippen molar-refractivity contribution in [2.45, 2.75) is 6.42 Å². The van der Waals surface area contributed by atoms with Crippen LogP contribution in [0.3, 0.4) is 0 Å². The molecular formula is C21H16N4O4. The number of aromatic nitrogens is 3. The monoisotopic (exact) mass is 388 g/mol. The van der Waals surface area contributed by atoms with Gasteiger partial charge in [0.15, 0.2) is 5.75 Å². The first kappa shape index (κ1) is 18.2. The van der Waals surface area contributed by atoms with Crippen LogP contribution in [-0.4, -0.2) is 31.1 Å². The molecule has 0 bridgehead atoms. The summed E-state index contributed by atoms with van der Waals surface area (Å²) >= 11 is 0. The number of nitrogens with two attached hydrogens (primary N) is 1. The maximum Gasteiger partial charge on any atom is 0.291 e. The molecule has 0 fully saturated rings. The van der Waals surface area contributed by atoms with Gasteiger partial charge in [-0.25, -0.2) is 4.98 Å². The van der Waals surface area contributed by atoms with E-state index in [4.69, 9.17) is 5.73 Å². The van der Waals surface area contributed by atoms with E-state index in [0.29, 0.717) is 17.6 Å². The maximum absolute atomic E-state index is 11.8. The van der Waals surface area contributed by atoms with Gasteiger partial charge in [-0.15, -0.1) is 0 Å². The fourth-order valence-electron chi connectivity index (χ4n) is 3.12. The molecule has 0 saturated heterocycles. The minimum Gasteiger partial charge on any atom is -0.508 e. The van der Waals surface area contributed by atoms with Gasteiger partial charge in [0.05, 0.1) is 5.52 Å². The number of hydrogen-bond donors (Lipinski definition) is 4. The van der Waals surface area contributed by atoms with Crippen molar-refractivity contribution in [2.24, 2.45) is 5.73 Å². The second-order valence-electron chi connectivity index (χ2n) is 6.50. The standard InChI is InChI=1S/C21H16N4O4/c22-20(28)17-18-16(25-21(29)19(17)27)6-3-13(24-18)10-14-9-12(7-8-23-14)11-1-4-15(26)5-2-11/h1-9,26-27H,10H2,(H2,22,28)(H,25,29). The number of nitrogens with one attached hydrogen (secondary N) is 1. The van der Waals surface area contributed by atoms with Gasteiger partial charge in [0.25, 0.3) is 11.5 Å². The third kappa shape index (κ3) is 3.51. The molecule has 0 spiro atoms. The molecular weight excluding hydrogens is 372 g/mol. The first-order chi connectivity index (χ1) is 13.9. The SMILES string of the molecule is NC(=O)c1c(O)c(=O)[nH]c2ccc(Cc3cc(-c4ccc(O)cc4)ccn3)nc12. The Hall–Kier alpha value is -4.20. The van der Waals surface area contributed by atoms with E-state index in [2.05, 4.69) is 15.0 Å². The van der Waals surface area contributed by atoms with E-state index in [9.17, 15) is 19.8 Å². The highest BCUT2D eigenvalue weighted by atomic mass is 16.3. The average Bonchev–Trinajstić information content (AvgIpc) is 2.70. The molecule has 0 saturated carbocycles. The molecule has 0 aliphatic carbocycles. The van der Waals surface area contributed by atoms with E-state index in [1.165, 1.54) is 0 Å². The van der Waals surface area contributed by atoms with Crippen LogP contribution in [0.4, 0.5) is 0 Å². The molecule has 0 radical (unpaired) electrons. The quantitative estimate of drug-likeness (QED) is 0.422. The largest absolute Gasteiger partial charge is 0.508 e. The van der Waals surface area contributed by atoms with E-state index in [1.807, 2.05) is 12.1 Å². The number of fused-ring (bicyclic) bond motifs is 1. The van der Waals surface area contributed by atoms with Crippen LogP contribution in [0.2, 0.25) is 0 Å². The Morgan fingerprint density at radius 1 is 1.00 bits per heavy atom. The van der Waals surface area contributed by atoms with Crippen molar-refractivity contribution in [1.82, 2.24) is 15.0 Å². The second kappa shape index (κ2) is 7.08. The summed E-state index contributed by atoms with van der Waals surface area (Å²) in [4.78, 5) is 34.7. The molecule has 8 nitrogen and oxygen atoms in total. The highest BCUT2D eigenvalue weighted by Crippen LogP contribution is 2.24. The fourth-order valence-corrected chi connectivity index (χ4v) is 3.12. The van der Waals surface area contributed by atoms with Crippen molar-refractivity contribution in [1.29, 1.82) is 0 Å². The van der Waals surface area contributed by atoms with Crippen molar-refractivity contribution in [3.63, 3.8) is 0 Å². The van der Waals surface area contributed by atoms with Crippen LogP contribution in [0, 0.1) is 0 Å². The Bertz CT molecular complexity index is 1300.